The van der Waals surface area contributed by atoms with Crippen LogP contribution in [0.15, 0.2) is 4.99 Å². The number of guanidine groups is 1. The lowest BCUT2D eigenvalue weighted by Gasteiger charge is -2.34. The van der Waals surface area contributed by atoms with E-state index < -0.39 is 0 Å². The summed E-state index contributed by atoms with van der Waals surface area (Å²) in [6.45, 7) is 6.80. The fraction of sp³-hybridized carbons (Fsp3) is 0.895. The Bertz CT molecular complexity index is 431. The fourth-order valence-electron chi connectivity index (χ4n) is 3.60. The second kappa shape index (κ2) is 12.1. The molecule has 0 aromatic rings. The van der Waals surface area contributed by atoms with Gasteiger partial charge in [0, 0.05) is 39.9 Å². The quantitative estimate of drug-likeness (QED) is 0.365. The lowest BCUT2D eigenvalue weighted by Crippen LogP contribution is -2.47. The van der Waals surface area contributed by atoms with Crippen molar-refractivity contribution < 1.29 is 14.3 Å². The molecule has 0 bridgehead atoms. The first-order chi connectivity index (χ1) is 12.7. The Hall–Kier alpha value is -1.34. The van der Waals surface area contributed by atoms with Crippen molar-refractivity contribution in [2.75, 3.05) is 53.0 Å². The number of hydrogen-bond donors (Lipinski definition) is 2. The maximum absolute atomic E-state index is 11.8. The normalized spacial score (nSPS) is 19.8. The molecule has 1 saturated heterocycles. The molecule has 2 fully saturated rings. The van der Waals surface area contributed by atoms with Gasteiger partial charge in [0.25, 0.3) is 0 Å². The van der Waals surface area contributed by atoms with Crippen molar-refractivity contribution in [3.63, 3.8) is 0 Å². The van der Waals surface area contributed by atoms with Gasteiger partial charge >= 0.3 is 0 Å². The Kier molecular flexibility index (Phi) is 9.77. The van der Waals surface area contributed by atoms with Gasteiger partial charge in [0.1, 0.15) is 6.54 Å². The molecule has 1 saturated carbocycles. The fourth-order valence-corrected chi connectivity index (χ4v) is 3.60. The summed E-state index contributed by atoms with van der Waals surface area (Å²) in [6.07, 6.45) is 7.83. The van der Waals surface area contributed by atoms with Gasteiger partial charge in [0.15, 0.2) is 5.96 Å². The molecule has 7 nitrogen and oxygen atoms in total. The molecule has 2 N–H and O–H groups in total. The summed E-state index contributed by atoms with van der Waals surface area (Å²) in [6, 6.07) is 0. The van der Waals surface area contributed by atoms with E-state index in [0.717, 1.165) is 51.0 Å². The molecule has 1 aliphatic heterocycles. The third-order valence-corrected chi connectivity index (χ3v) is 5.12. The summed E-state index contributed by atoms with van der Waals surface area (Å²) in [5.74, 6) is 1.53. The van der Waals surface area contributed by atoms with E-state index in [1.807, 2.05) is 6.92 Å². The van der Waals surface area contributed by atoms with Gasteiger partial charge in [0.2, 0.25) is 5.91 Å². The Morgan fingerprint density at radius 2 is 1.88 bits per heavy atom. The topological polar surface area (TPSA) is 75.2 Å². The van der Waals surface area contributed by atoms with Gasteiger partial charge in [-0.3, -0.25) is 4.79 Å². The van der Waals surface area contributed by atoms with Crippen molar-refractivity contribution in [1.82, 2.24) is 15.5 Å². The van der Waals surface area contributed by atoms with E-state index in [4.69, 9.17) is 9.47 Å². The highest BCUT2D eigenvalue weighted by molar-refractivity contribution is 5.85. The maximum Gasteiger partial charge on any atom is 0.241 e. The maximum atomic E-state index is 11.8. The summed E-state index contributed by atoms with van der Waals surface area (Å²) in [5, 5.41) is 6.09. The molecule has 26 heavy (non-hydrogen) atoms. The average Bonchev–Trinajstić information content (AvgIpc) is 3.18. The molecule has 1 heterocycles. The molecule has 1 aliphatic carbocycles. The van der Waals surface area contributed by atoms with Crippen LogP contribution in [0.2, 0.25) is 0 Å². The lowest BCUT2D eigenvalue weighted by molar-refractivity contribution is -0.119. The van der Waals surface area contributed by atoms with Crippen LogP contribution in [0.4, 0.5) is 0 Å². The predicted octanol–water partition coefficient (Wildman–Crippen LogP) is 1.39. The number of rotatable bonds is 9. The molecule has 0 radical (unpaired) electrons. The molecule has 7 heteroatoms. The van der Waals surface area contributed by atoms with Crippen LogP contribution in [0.1, 0.15) is 45.4 Å². The van der Waals surface area contributed by atoms with Gasteiger partial charge in [0.05, 0.1) is 12.7 Å². The van der Waals surface area contributed by atoms with Gasteiger partial charge in [-0.15, -0.1) is 0 Å². The van der Waals surface area contributed by atoms with Crippen LogP contribution in [0.5, 0.6) is 0 Å². The van der Waals surface area contributed by atoms with Crippen LogP contribution in [-0.4, -0.2) is 75.9 Å². The summed E-state index contributed by atoms with van der Waals surface area (Å²) < 4.78 is 11.1. The second-order valence-corrected chi connectivity index (χ2v) is 7.18. The summed E-state index contributed by atoms with van der Waals surface area (Å²) >= 11 is 0. The Morgan fingerprint density at radius 3 is 2.54 bits per heavy atom. The van der Waals surface area contributed by atoms with Crippen molar-refractivity contribution in [2.45, 2.75) is 51.6 Å². The van der Waals surface area contributed by atoms with E-state index in [1.54, 1.807) is 7.11 Å². The highest BCUT2D eigenvalue weighted by Crippen LogP contribution is 2.26. The van der Waals surface area contributed by atoms with E-state index in [-0.39, 0.29) is 12.5 Å². The molecule has 0 aromatic heterocycles. The first-order valence-corrected chi connectivity index (χ1v) is 10.1. The number of nitrogens with one attached hydrogen (secondary N) is 2. The first kappa shape index (κ1) is 21.0. The minimum absolute atomic E-state index is 0.0766. The molecular weight excluding hydrogens is 332 g/mol. The third kappa shape index (κ3) is 7.50. The number of piperidine rings is 1. The number of carbonyl (C=O) groups is 1. The lowest BCUT2D eigenvalue weighted by atomic mass is 10.1. The standard InChI is InChI=1S/C19H36N4O3/c1-3-20-19(22-14-18(24)21-10-13-25-2)23-11-8-17(9-12-23)26-15-16-6-4-5-7-16/h16-17H,3-15H2,1-2H3,(H,20,22)(H,21,24). The number of carbonyl (C=O) groups excluding carboxylic acids is 1. The van der Waals surface area contributed by atoms with Crippen molar-refractivity contribution in [3.05, 3.63) is 0 Å². The summed E-state index contributed by atoms with van der Waals surface area (Å²) in [4.78, 5) is 18.6. The van der Waals surface area contributed by atoms with Crippen molar-refractivity contribution in [1.29, 1.82) is 0 Å². The van der Waals surface area contributed by atoms with Crippen LogP contribution >= 0.6 is 0 Å². The number of methoxy groups -OCH3 is 1. The SMILES string of the molecule is CCNC(=NCC(=O)NCCOC)N1CCC(OCC2CCCC2)CC1. The molecule has 0 atom stereocenters. The molecule has 0 spiro atoms. The molecule has 2 aliphatic rings. The Labute approximate surface area is 157 Å². The third-order valence-electron chi connectivity index (χ3n) is 5.12. The first-order valence-electron chi connectivity index (χ1n) is 10.1. The van der Waals surface area contributed by atoms with Crippen LogP contribution in [0.3, 0.4) is 0 Å². The van der Waals surface area contributed by atoms with Gasteiger partial charge in [-0.1, -0.05) is 12.8 Å². The molecular formula is C19H36N4O3. The summed E-state index contributed by atoms with van der Waals surface area (Å²) in [5.41, 5.74) is 0. The highest BCUT2D eigenvalue weighted by Gasteiger charge is 2.24. The summed E-state index contributed by atoms with van der Waals surface area (Å²) in [7, 11) is 1.62. The zero-order valence-corrected chi connectivity index (χ0v) is 16.5. The zero-order chi connectivity index (χ0) is 18.6. The minimum Gasteiger partial charge on any atom is -0.383 e. The molecule has 2 rings (SSSR count). The Morgan fingerprint density at radius 1 is 1.15 bits per heavy atom. The van der Waals surface area contributed by atoms with Crippen LogP contribution in [0.25, 0.3) is 0 Å². The average molecular weight is 369 g/mol. The largest absolute Gasteiger partial charge is 0.383 e. The van der Waals surface area contributed by atoms with E-state index in [1.165, 1.54) is 25.7 Å². The van der Waals surface area contributed by atoms with E-state index in [2.05, 4.69) is 20.5 Å². The number of aliphatic imine (C=N–C) groups is 1. The highest BCUT2D eigenvalue weighted by atomic mass is 16.5. The predicted molar refractivity (Wildman–Crippen MR) is 103 cm³/mol. The van der Waals surface area contributed by atoms with Crippen LogP contribution in [-0.2, 0) is 14.3 Å². The number of likely N-dealkylation sites (tertiary alicyclic amines) is 1. The van der Waals surface area contributed by atoms with Crippen molar-refractivity contribution in [3.8, 4) is 0 Å². The van der Waals surface area contributed by atoms with Gasteiger partial charge < -0.3 is 25.0 Å². The van der Waals surface area contributed by atoms with E-state index in [9.17, 15) is 4.79 Å². The number of hydrogen-bond acceptors (Lipinski definition) is 4. The number of amides is 1. The molecule has 0 unspecified atom stereocenters. The number of nitrogens with zero attached hydrogens (tertiary/aromatic N) is 2. The monoisotopic (exact) mass is 368 g/mol. The van der Waals surface area contributed by atoms with Crippen molar-refractivity contribution in [2.24, 2.45) is 10.9 Å². The van der Waals surface area contributed by atoms with Crippen LogP contribution < -0.4 is 10.6 Å². The second-order valence-electron chi connectivity index (χ2n) is 7.18. The van der Waals surface area contributed by atoms with Gasteiger partial charge in [-0.25, -0.2) is 4.99 Å². The zero-order valence-electron chi connectivity index (χ0n) is 16.5. The molecule has 0 aromatic carbocycles. The van der Waals surface area contributed by atoms with Crippen molar-refractivity contribution >= 4 is 11.9 Å². The van der Waals surface area contributed by atoms with E-state index in [0.29, 0.717) is 19.3 Å². The van der Waals surface area contributed by atoms with Gasteiger partial charge in [-0.05, 0) is 38.5 Å². The molecule has 150 valence electrons. The smallest absolute Gasteiger partial charge is 0.241 e. The molecule has 1 amide bonds. The van der Waals surface area contributed by atoms with Gasteiger partial charge in [-0.2, -0.15) is 0 Å². The number of ether oxygens (including phenoxy) is 2. The minimum atomic E-state index is -0.0766. The van der Waals surface area contributed by atoms with Crippen LogP contribution in [0, 0.1) is 5.92 Å². The van der Waals surface area contributed by atoms with E-state index >= 15 is 0 Å². The Balaban J connectivity index is 1.71.